The number of aromatic nitrogens is 2. The monoisotopic (exact) mass is 295 g/mol. The molecule has 120 valence electrons. The number of nitrogens with two attached hydrogens (primary N) is 1. The van der Waals surface area contributed by atoms with Gasteiger partial charge in [0.05, 0.1) is 11.4 Å². The molecule has 0 unspecified atom stereocenters. The summed E-state index contributed by atoms with van der Waals surface area (Å²) in [6.45, 7) is 10.1. The minimum Gasteiger partial charge on any atom is -0.395 e. The van der Waals surface area contributed by atoms with Gasteiger partial charge >= 0.3 is 0 Å². The van der Waals surface area contributed by atoms with Crippen molar-refractivity contribution >= 4 is 11.6 Å². The maximum Gasteiger partial charge on any atom is 0.273 e. The minimum absolute atomic E-state index is 0.201. The molecule has 6 nitrogen and oxygen atoms in total. The zero-order valence-corrected chi connectivity index (χ0v) is 13.9. The zero-order valence-electron chi connectivity index (χ0n) is 13.9. The highest BCUT2D eigenvalue weighted by atomic mass is 16.1. The van der Waals surface area contributed by atoms with Crippen LogP contribution in [0.5, 0.6) is 0 Å². The first-order valence-corrected chi connectivity index (χ1v) is 7.66. The number of amides is 1. The second-order valence-corrected chi connectivity index (χ2v) is 6.09. The van der Waals surface area contributed by atoms with Crippen molar-refractivity contribution in [1.82, 2.24) is 20.4 Å². The average molecular weight is 295 g/mol. The van der Waals surface area contributed by atoms with Gasteiger partial charge in [-0.25, -0.2) is 0 Å². The topological polar surface area (TPSA) is 87.0 Å². The van der Waals surface area contributed by atoms with E-state index in [9.17, 15) is 4.79 Å². The van der Waals surface area contributed by atoms with Gasteiger partial charge in [-0.2, -0.15) is 5.10 Å². The fourth-order valence-electron chi connectivity index (χ4n) is 2.01. The van der Waals surface area contributed by atoms with E-state index in [0.29, 0.717) is 24.0 Å². The number of anilines is 1. The summed E-state index contributed by atoms with van der Waals surface area (Å²) in [4.78, 5) is 14.3. The quantitative estimate of drug-likeness (QED) is 0.640. The molecule has 4 N–H and O–H groups in total. The normalized spacial score (nSPS) is 11.6. The molecule has 0 spiro atoms. The predicted molar refractivity (Wildman–Crippen MR) is 86.4 cm³/mol. The summed E-state index contributed by atoms with van der Waals surface area (Å²) in [6, 6.07) is 0.554. The molecule has 0 saturated carbocycles. The molecule has 0 saturated heterocycles. The SMILES string of the molecule is CC(C)c1[nH]nc(C(=O)NCCCCN(C)C(C)C)c1N. The summed E-state index contributed by atoms with van der Waals surface area (Å²) in [5.41, 5.74) is 7.53. The van der Waals surface area contributed by atoms with Gasteiger partial charge in [0.15, 0.2) is 5.69 Å². The molecule has 0 bridgehead atoms. The van der Waals surface area contributed by atoms with Crippen molar-refractivity contribution in [2.75, 3.05) is 25.9 Å². The molecule has 1 aromatic rings. The zero-order chi connectivity index (χ0) is 16.0. The maximum atomic E-state index is 12.0. The summed E-state index contributed by atoms with van der Waals surface area (Å²) in [5.74, 6) is 0.0264. The maximum absolute atomic E-state index is 12.0. The average Bonchev–Trinajstić information content (AvgIpc) is 2.79. The van der Waals surface area contributed by atoms with Gasteiger partial charge in [0, 0.05) is 12.6 Å². The lowest BCUT2D eigenvalue weighted by molar-refractivity contribution is 0.0948. The highest BCUT2D eigenvalue weighted by Gasteiger charge is 2.18. The Morgan fingerprint density at radius 2 is 2.00 bits per heavy atom. The van der Waals surface area contributed by atoms with Crippen LogP contribution in [0.2, 0.25) is 0 Å². The summed E-state index contributed by atoms with van der Waals surface area (Å²) in [7, 11) is 2.11. The van der Waals surface area contributed by atoms with Gasteiger partial charge in [-0.05, 0) is 46.2 Å². The summed E-state index contributed by atoms with van der Waals surface area (Å²) in [6.07, 6.45) is 2.01. The summed E-state index contributed by atoms with van der Waals surface area (Å²) in [5, 5.41) is 9.73. The molecule has 1 rings (SSSR count). The Hall–Kier alpha value is -1.56. The molecule has 0 aliphatic carbocycles. The number of nitrogens with zero attached hydrogens (tertiary/aromatic N) is 2. The van der Waals surface area contributed by atoms with Crippen molar-refractivity contribution in [2.24, 2.45) is 0 Å². The van der Waals surface area contributed by atoms with Crippen LogP contribution in [0, 0.1) is 0 Å². The largest absolute Gasteiger partial charge is 0.395 e. The van der Waals surface area contributed by atoms with E-state index in [0.717, 1.165) is 25.1 Å². The van der Waals surface area contributed by atoms with Crippen LogP contribution >= 0.6 is 0 Å². The molecule has 1 amide bonds. The fourth-order valence-corrected chi connectivity index (χ4v) is 2.01. The van der Waals surface area contributed by atoms with Gasteiger partial charge in [-0.3, -0.25) is 9.89 Å². The Balaban J connectivity index is 2.35. The number of nitrogens with one attached hydrogen (secondary N) is 2. The van der Waals surface area contributed by atoms with E-state index in [2.05, 4.69) is 41.3 Å². The van der Waals surface area contributed by atoms with Crippen LogP contribution in [0.4, 0.5) is 5.69 Å². The van der Waals surface area contributed by atoms with E-state index in [-0.39, 0.29) is 11.8 Å². The third kappa shape index (κ3) is 5.04. The number of H-pyrrole nitrogens is 1. The first kappa shape index (κ1) is 17.5. The molecular formula is C15H29N5O. The molecule has 0 aromatic carbocycles. The van der Waals surface area contributed by atoms with Crippen molar-refractivity contribution in [3.8, 4) is 0 Å². The highest BCUT2D eigenvalue weighted by molar-refractivity contribution is 5.97. The Morgan fingerprint density at radius 1 is 1.33 bits per heavy atom. The molecular weight excluding hydrogens is 266 g/mol. The van der Waals surface area contributed by atoms with Crippen LogP contribution in [0.15, 0.2) is 0 Å². The van der Waals surface area contributed by atoms with Crippen LogP contribution in [0.3, 0.4) is 0 Å². The summed E-state index contributed by atoms with van der Waals surface area (Å²) >= 11 is 0. The van der Waals surface area contributed by atoms with Crippen LogP contribution in [0.1, 0.15) is 62.6 Å². The molecule has 1 aromatic heterocycles. The van der Waals surface area contributed by atoms with Gasteiger partial charge < -0.3 is 16.0 Å². The smallest absolute Gasteiger partial charge is 0.273 e. The molecule has 21 heavy (non-hydrogen) atoms. The molecule has 0 atom stereocenters. The molecule has 0 fully saturated rings. The second kappa shape index (κ2) is 8.02. The van der Waals surface area contributed by atoms with Crippen LogP contribution < -0.4 is 11.1 Å². The van der Waals surface area contributed by atoms with Gasteiger partial charge in [0.2, 0.25) is 0 Å². The number of hydrogen-bond donors (Lipinski definition) is 3. The number of nitrogen functional groups attached to an aromatic ring is 1. The summed E-state index contributed by atoms with van der Waals surface area (Å²) < 4.78 is 0. The van der Waals surface area contributed by atoms with E-state index in [1.807, 2.05) is 13.8 Å². The van der Waals surface area contributed by atoms with E-state index in [4.69, 9.17) is 5.73 Å². The molecule has 0 aliphatic rings. The van der Waals surface area contributed by atoms with Gasteiger partial charge in [-0.15, -0.1) is 0 Å². The number of aromatic amines is 1. The van der Waals surface area contributed by atoms with Crippen molar-refractivity contribution in [2.45, 2.75) is 52.5 Å². The molecule has 1 heterocycles. The Labute approximate surface area is 127 Å². The number of rotatable bonds is 8. The molecule has 6 heteroatoms. The van der Waals surface area contributed by atoms with Crippen molar-refractivity contribution in [3.63, 3.8) is 0 Å². The van der Waals surface area contributed by atoms with Crippen LogP contribution in [-0.4, -0.2) is 47.2 Å². The lowest BCUT2D eigenvalue weighted by atomic mass is 10.1. The first-order valence-electron chi connectivity index (χ1n) is 7.66. The lowest BCUT2D eigenvalue weighted by Gasteiger charge is -2.20. The molecule has 0 aliphatic heterocycles. The number of unbranched alkanes of at least 4 members (excludes halogenated alkanes) is 1. The second-order valence-electron chi connectivity index (χ2n) is 6.09. The Morgan fingerprint density at radius 3 is 2.52 bits per heavy atom. The number of carbonyl (C=O) groups excluding carboxylic acids is 1. The van der Waals surface area contributed by atoms with Crippen molar-refractivity contribution < 1.29 is 4.79 Å². The van der Waals surface area contributed by atoms with E-state index in [1.54, 1.807) is 0 Å². The van der Waals surface area contributed by atoms with Gasteiger partial charge in [0.1, 0.15) is 0 Å². The third-order valence-electron chi connectivity index (χ3n) is 3.73. The minimum atomic E-state index is -0.201. The lowest BCUT2D eigenvalue weighted by Crippen LogP contribution is -2.29. The number of hydrogen-bond acceptors (Lipinski definition) is 4. The van der Waals surface area contributed by atoms with E-state index < -0.39 is 0 Å². The number of carbonyl (C=O) groups is 1. The standard InChI is InChI=1S/C15H29N5O/c1-10(2)13-12(16)14(19-18-13)15(21)17-8-6-7-9-20(5)11(3)4/h10-11H,6-9,16H2,1-5H3,(H,17,21)(H,18,19). The Bertz CT molecular complexity index is 453. The first-order chi connectivity index (χ1) is 9.84. The molecule has 0 radical (unpaired) electrons. The Kier molecular flexibility index (Phi) is 6.68. The van der Waals surface area contributed by atoms with Crippen LogP contribution in [0.25, 0.3) is 0 Å². The predicted octanol–water partition coefficient (Wildman–Crippen LogP) is 1.97. The van der Waals surface area contributed by atoms with Crippen LogP contribution in [-0.2, 0) is 0 Å². The van der Waals surface area contributed by atoms with Crippen molar-refractivity contribution in [1.29, 1.82) is 0 Å². The fraction of sp³-hybridized carbons (Fsp3) is 0.733. The van der Waals surface area contributed by atoms with Gasteiger partial charge in [0.25, 0.3) is 5.91 Å². The van der Waals surface area contributed by atoms with E-state index in [1.165, 1.54) is 0 Å². The van der Waals surface area contributed by atoms with E-state index >= 15 is 0 Å². The third-order valence-corrected chi connectivity index (χ3v) is 3.73. The van der Waals surface area contributed by atoms with Gasteiger partial charge in [-0.1, -0.05) is 13.8 Å². The highest BCUT2D eigenvalue weighted by Crippen LogP contribution is 2.21. The van der Waals surface area contributed by atoms with Crippen molar-refractivity contribution in [3.05, 3.63) is 11.4 Å².